The zero-order valence-electron chi connectivity index (χ0n) is 20.4. The number of hydrogen-bond donors (Lipinski definition) is 2. The number of nitrogens with zero attached hydrogens (tertiary/aromatic N) is 6. The third-order valence-electron chi connectivity index (χ3n) is 6.27. The van der Waals surface area contributed by atoms with Crippen LogP contribution in [0.4, 0.5) is 17.3 Å². The van der Waals surface area contributed by atoms with Gasteiger partial charge >= 0.3 is 0 Å². The lowest BCUT2D eigenvalue weighted by Crippen LogP contribution is -2.23. The summed E-state index contributed by atoms with van der Waals surface area (Å²) in [6.07, 6.45) is 2.52. The maximum absolute atomic E-state index is 13.2. The molecule has 0 radical (unpaired) electrons. The average Bonchev–Trinajstić information content (AvgIpc) is 3.13. The molecule has 0 unspecified atom stereocenters. The SMILES string of the molecule is [C-]#[N+]c1ccc(C(C)(C)C)nc1-n1c2nc(Nc3ccc4c(c3)CCNC4)ncc2c(=O)n1CC. The largest absolute Gasteiger partial charge is 0.324 e. The van der Waals surface area contributed by atoms with Gasteiger partial charge in [0.2, 0.25) is 11.6 Å². The standard InChI is InChI=1S/C26H28N8O/c1-6-33-24(35)19-15-29-25(30-18-8-7-17-14-28-12-11-16(17)13-18)32-22(19)34(33)23-20(27-5)9-10-21(31-23)26(2,3)4/h7-10,13,15,28H,6,11-12,14H2,1-4H3,(H,29,30,32). The van der Waals surface area contributed by atoms with Crippen molar-refractivity contribution < 1.29 is 0 Å². The second kappa shape index (κ2) is 8.64. The average molecular weight is 469 g/mol. The number of rotatable bonds is 4. The number of anilines is 2. The smallest absolute Gasteiger partial charge is 0.278 e. The lowest BCUT2D eigenvalue weighted by molar-refractivity contribution is 0.546. The summed E-state index contributed by atoms with van der Waals surface area (Å²) in [4.78, 5) is 30.8. The molecule has 178 valence electrons. The van der Waals surface area contributed by atoms with E-state index in [1.807, 2.05) is 19.1 Å². The van der Waals surface area contributed by atoms with Crippen LogP contribution < -0.4 is 16.2 Å². The van der Waals surface area contributed by atoms with E-state index in [9.17, 15) is 4.79 Å². The quantitative estimate of drug-likeness (QED) is 0.435. The first kappa shape index (κ1) is 22.7. The predicted molar refractivity (Wildman–Crippen MR) is 137 cm³/mol. The van der Waals surface area contributed by atoms with Gasteiger partial charge < -0.3 is 10.6 Å². The topological polar surface area (TPSA) is 94.0 Å². The van der Waals surface area contributed by atoms with Crippen LogP contribution in [-0.2, 0) is 24.9 Å². The van der Waals surface area contributed by atoms with E-state index in [1.165, 1.54) is 11.1 Å². The molecule has 4 aromatic rings. The molecule has 0 amide bonds. The van der Waals surface area contributed by atoms with Crippen LogP contribution in [0, 0.1) is 6.57 Å². The minimum atomic E-state index is -0.223. The molecule has 1 aliphatic heterocycles. The fraction of sp³-hybridized carbons (Fsp3) is 0.346. The maximum Gasteiger partial charge on any atom is 0.278 e. The van der Waals surface area contributed by atoms with Gasteiger partial charge in [-0.15, -0.1) is 0 Å². The Bertz CT molecular complexity index is 1530. The number of aromatic nitrogens is 5. The molecule has 0 fully saturated rings. The molecule has 9 nitrogen and oxygen atoms in total. The van der Waals surface area contributed by atoms with E-state index in [4.69, 9.17) is 16.5 Å². The van der Waals surface area contributed by atoms with Gasteiger partial charge in [0.25, 0.3) is 5.56 Å². The zero-order valence-corrected chi connectivity index (χ0v) is 20.4. The third-order valence-corrected chi connectivity index (χ3v) is 6.27. The second-order valence-corrected chi connectivity index (χ2v) is 9.70. The van der Waals surface area contributed by atoms with Crippen molar-refractivity contribution in [1.82, 2.24) is 29.6 Å². The van der Waals surface area contributed by atoms with E-state index in [0.717, 1.165) is 30.9 Å². The molecule has 5 rings (SSSR count). The molecule has 0 saturated carbocycles. The highest BCUT2D eigenvalue weighted by Crippen LogP contribution is 2.29. The molecule has 1 aliphatic rings. The molecule has 2 N–H and O–H groups in total. The van der Waals surface area contributed by atoms with Crippen molar-refractivity contribution in [3.63, 3.8) is 0 Å². The number of fused-ring (bicyclic) bond motifs is 2. The predicted octanol–water partition coefficient (Wildman–Crippen LogP) is 4.23. The Morgan fingerprint density at radius 2 is 2.00 bits per heavy atom. The summed E-state index contributed by atoms with van der Waals surface area (Å²) in [5, 5.41) is 7.05. The van der Waals surface area contributed by atoms with Crippen LogP contribution in [0.3, 0.4) is 0 Å². The van der Waals surface area contributed by atoms with Crippen molar-refractivity contribution in [2.24, 2.45) is 0 Å². The van der Waals surface area contributed by atoms with E-state index in [0.29, 0.717) is 35.0 Å². The second-order valence-electron chi connectivity index (χ2n) is 9.70. The van der Waals surface area contributed by atoms with Gasteiger partial charge in [-0.05, 0) is 43.1 Å². The summed E-state index contributed by atoms with van der Waals surface area (Å²) in [6.45, 7) is 18.0. The van der Waals surface area contributed by atoms with Crippen LogP contribution in [0.1, 0.15) is 44.5 Å². The monoisotopic (exact) mass is 468 g/mol. The third kappa shape index (κ3) is 4.06. The van der Waals surface area contributed by atoms with Gasteiger partial charge in [0, 0.05) is 36.1 Å². The highest BCUT2D eigenvalue weighted by atomic mass is 16.1. The minimum absolute atomic E-state index is 0.214. The van der Waals surface area contributed by atoms with Gasteiger partial charge in [0.05, 0.1) is 6.57 Å². The van der Waals surface area contributed by atoms with Crippen molar-refractivity contribution in [2.45, 2.75) is 52.6 Å². The zero-order chi connectivity index (χ0) is 24.7. The highest BCUT2D eigenvalue weighted by molar-refractivity contribution is 5.78. The molecule has 0 bridgehead atoms. The lowest BCUT2D eigenvalue weighted by atomic mass is 9.91. The van der Waals surface area contributed by atoms with Crippen LogP contribution >= 0.6 is 0 Å². The van der Waals surface area contributed by atoms with E-state index in [-0.39, 0.29) is 11.0 Å². The Morgan fingerprint density at radius 3 is 2.74 bits per heavy atom. The molecule has 0 atom stereocenters. The summed E-state index contributed by atoms with van der Waals surface area (Å²) in [6, 6.07) is 9.86. The van der Waals surface area contributed by atoms with Crippen LogP contribution in [0.2, 0.25) is 0 Å². The van der Waals surface area contributed by atoms with Gasteiger partial charge in [-0.3, -0.25) is 4.79 Å². The fourth-order valence-corrected chi connectivity index (χ4v) is 4.38. The lowest BCUT2D eigenvalue weighted by Gasteiger charge is -2.20. The Hall–Kier alpha value is -4.03. The normalized spacial score (nSPS) is 13.5. The van der Waals surface area contributed by atoms with Gasteiger partial charge in [-0.2, -0.15) is 4.98 Å². The van der Waals surface area contributed by atoms with Gasteiger partial charge in [0.1, 0.15) is 5.39 Å². The summed E-state index contributed by atoms with van der Waals surface area (Å²) < 4.78 is 3.21. The first-order chi connectivity index (χ1) is 16.8. The van der Waals surface area contributed by atoms with Gasteiger partial charge in [-0.25, -0.2) is 24.2 Å². The first-order valence-corrected chi connectivity index (χ1v) is 11.8. The Kier molecular flexibility index (Phi) is 5.61. The molecule has 0 aliphatic carbocycles. The molecular weight excluding hydrogens is 440 g/mol. The van der Waals surface area contributed by atoms with E-state index in [1.54, 1.807) is 21.6 Å². The van der Waals surface area contributed by atoms with Gasteiger partial charge in [-0.1, -0.05) is 39.0 Å². The van der Waals surface area contributed by atoms with Crippen molar-refractivity contribution in [2.75, 3.05) is 11.9 Å². The van der Waals surface area contributed by atoms with Gasteiger partial charge in [0.15, 0.2) is 11.5 Å². The molecule has 3 aromatic heterocycles. The van der Waals surface area contributed by atoms with Crippen LogP contribution in [0.25, 0.3) is 21.7 Å². The first-order valence-electron chi connectivity index (χ1n) is 11.8. The van der Waals surface area contributed by atoms with Crippen molar-refractivity contribution >= 4 is 28.4 Å². The van der Waals surface area contributed by atoms with E-state index < -0.39 is 0 Å². The Labute approximate surface area is 203 Å². The molecule has 4 heterocycles. The van der Waals surface area contributed by atoms with Crippen molar-refractivity contribution in [3.8, 4) is 5.82 Å². The molecule has 9 heteroatoms. The van der Waals surface area contributed by atoms with Crippen LogP contribution in [0.15, 0.2) is 41.3 Å². The van der Waals surface area contributed by atoms with Crippen LogP contribution in [0.5, 0.6) is 0 Å². The summed E-state index contributed by atoms with van der Waals surface area (Å²) in [7, 11) is 0. The molecule has 35 heavy (non-hydrogen) atoms. The molecular formula is C26H28N8O. The molecule has 0 saturated heterocycles. The fourth-order valence-electron chi connectivity index (χ4n) is 4.38. The van der Waals surface area contributed by atoms with E-state index >= 15 is 0 Å². The number of pyridine rings is 1. The number of nitrogens with one attached hydrogen (secondary N) is 2. The molecule has 1 aromatic carbocycles. The number of hydrogen-bond acceptors (Lipinski definition) is 6. The Morgan fingerprint density at radius 1 is 1.17 bits per heavy atom. The highest BCUT2D eigenvalue weighted by Gasteiger charge is 2.23. The maximum atomic E-state index is 13.2. The van der Waals surface area contributed by atoms with Crippen molar-refractivity contribution in [3.05, 3.63) is 75.1 Å². The number of benzene rings is 1. The Balaban J connectivity index is 1.66. The summed E-state index contributed by atoms with van der Waals surface area (Å²) in [5.41, 5.74) is 4.65. The molecule has 0 spiro atoms. The van der Waals surface area contributed by atoms with Crippen molar-refractivity contribution in [1.29, 1.82) is 0 Å². The van der Waals surface area contributed by atoms with Crippen LogP contribution in [-0.4, -0.2) is 30.9 Å². The summed E-state index contributed by atoms with van der Waals surface area (Å²) >= 11 is 0. The van der Waals surface area contributed by atoms with E-state index in [2.05, 4.69) is 53.4 Å². The minimum Gasteiger partial charge on any atom is -0.324 e. The summed E-state index contributed by atoms with van der Waals surface area (Å²) in [5.74, 6) is 0.775.